The lowest BCUT2D eigenvalue weighted by molar-refractivity contribution is 0.00578. The molecule has 1 aromatic carbocycles. The fourth-order valence-electron chi connectivity index (χ4n) is 2.13. The first kappa shape index (κ1) is 15.1. The minimum atomic E-state index is -0.534. The molecule has 1 saturated heterocycles. The molecule has 0 aliphatic carbocycles. The molecular formula is C15H21BN2O2. The Hall–Kier alpha value is -1.35. The Morgan fingerprint density at radius 1 is 1.20 bits per heavy atom. The molecule has 0 spiro atoms. The van der Waals surface area contributed by atoms with Crippen LogP contribution in [-0.2, 0) is 9.31 Å². The Bertz CT molecular complexity index is 545. The molecule has 0 radical (unpaired) electrons. The zero-order chi connectivity index (χ0) is 15.1. The van der Waals surface area contributed by atoms with E-state index in [2.05, 4.69) is 6.07 Å². The summed E-state index contributed by atoms with van der Waals surface area (Å²) in [5, 5.41) is 9.28. The summed E-state index contributed by atoms with van der Waals surface area (Å²) in [6.07, 6.45) is 0. The SMILES string of the molecule is CC(N)c1ccc(C#N)c(B2OC(C)(C)C(C)(C)O2)c1. The topological polar surface area (TPSA) is 68.3 Å². The van der Waals surface area contributed by atoms with E-state index in [1.54, 1.807) is 6.07 Å². The zero-order valence-electron chi connectivity index (χ0n) is 12.7. The number of nitriles is 1. The van der Waals surface area contributed by atoms with Crippen molar-refractivity contribution in [1.82, 2.24) is 0 Å². The van der Waals surface area contributed by atoms with Crippen molar-refractivity contribution in [3.63, 3.8) is 0 Å². The van der Waals surface area contributed by atoms with Crippen LogP contribution in [0.4, 0.5) is 0 Å². The van der Waals surface area contributed by atoms with E-state index >= 15 is 0 Å². The molecule has 1 fully saturated rings. The molecule has 106 valence electrons. The smallest absolute Gasteiger partial charge is 0.399 e. The van der Waals surface area contributed by atoms with E-state index in [1.807, 2.05) is 46.8 Å². The molecule has 2 N–H and O–H groups in total. The van der Waals surface area contributed by atoms with Crippen LogP contribution in [0.3, 0.4) is 0 Å². The van der Waals surface area contributed by atoms with Gasteiger partial charge in [0, 0.05) is 11.5 Å². The highest BCUT2D eigenvalue weighted by Gasteiger charge is 2.52. The van der Waals surface area contributed by atoms with Gasteiger partial charge >= 0.3 is 7.12 Å². The molecule has 0 aromatic heterocycles. The van der Waals surface area contributed by atoms with Crippen molar-refractivity contribution in [3.05, 3.63) is 29.3 Å². The van der Waals surface area contributed by atoms with Gasteiger partial charge in [-0.1, -0.05) is 12.1 Å². The summed E-state index contributed by atoms with van der Waals surface area (Å²) in [6.45, 7) is 9.89. The largest absolute Gasteiger partial charge is 0.496 e. The summed E-state index contributed by atoms with van der Waals surface area (Å²) in [7, 11) is -0.534. The van der Waals surface area contributed by atoms with E-state index in [0.717, 1.165) is 11.0 Å². The molecule has 5 heteroatoms. The minimum absolute atomic E-state index is 0.0936. The van der Waals surface area contributed by atoms with Crippen molar-refractivity contribution in [2.45, 2.75) is 51.9 Å². The summed E-state index contributed by atoms with van der Waals surface area (Å²) in [4.78, 5) is 0. The van der Waals surface area contributed by atoms with E-state index in [-0.39, 0.29) is 6.04 Å². The van der Waals surface area contributed by atoms with Crippen LogP contribution < -0.4 is 11.2 Å². The van der Waals surface area contributed by atoms with E-state index in [0.29, 0.717) is 5.56 Å². The lowest BCUT2D eigenvalue weighted by Gasteiger charge is -2.32. The predicted octanol–water partition coefficient (Wildman–Crippen LogP) is 1.88. The molecule has 4 nitrogen and oxygen atoms in total. The summed E-state index contributed by atoms with van der Waals surface area (Å²) in [6, 6.07) is 7.66. The molecule has 1 aliphatic heterocycles. The van der Waals surface area contributed by atoms with Crippen molar-refractivity contribution in [3.8, 4) is 6.07 Å². The van der Waals surface area contributed by atoms with Gasteiger partial charge < -0.3 is 15.0 Å². The Labute approximate surface area is 121 Å². The monoisotopic (exact) mass is 272 g/mol. The van der Waals surface area contributed by atoms with Crippen LogP contribution in [0.25, 0.3) is 0 Å². The van der Waals surface area contributed by atoms with Crippen LogP contribution in [0.1, 0.15) is 51.8 Å². The van der Waals surface area contributed by atoms with E-state index in [1.165, 1.54) is 0 Å². The summed E-state index contributed by atoms with van der Waals surface area (Å²) >= 11 is 0. The fourth-order valence-corrected chi connectivity index (χ4v) is 2.13. The molecule has 0 amide bonds. The van der Waals surface area contributed by atoms with Crippen LogP contribution in [0.15, 0.2) is 18.2 Å². The third-order valence-corrected chi connectivity index (χ3v) is 4.23. The second kappa shape index (κ2) is 4.89. The number of nitrogens with zero attached hydrogens (tertiary/aromatic N) is 1. The van der Waals surface area contributed by atoms with Gasteiger partial charge in [0.05, 0.1) is 22.8 Å². The first-order valence-electron chi connectivity index (χ1n) is 6.83. The van der Waals surface area contributed by atoms with Gasteiger partial charge in [0.2, 0.25) is 0 Å². The van der Waals surface area contributed by atoms with Gasteiger partial charge in [-0.25, -0.2) is 0 Å². The number of benzene rings is 1. The van der Waals surface area contributed by atoms with Crippen LogP contribution >= 0.6 is 0 Å². The molecule has 0 bridgehead atoms. The summed E-state index contributed by atoms with van der Waals surface area (Å²) in [5.74, 6) is 0. The van der Waals surface area contributed by atoms with Crippen LogP contribution in [0, 0.1) is 11.3 Å². The van der Waals surface area contributed by atoms with Crippen molar-refractivity contribution in [2.24, 2.45) is 5.73 Å². The predicted molar refractivity (Wildman–Crippen MR) is 79.5 cm³/mol. The first-order valence-corrected chi connectivity index (χ1v) is 6.83. The van der Waals surface area contributed by atoms with Crippen molar-refractivity contribution < 1.29 is 9.31 Å². The second-order valence-corrected chi connectivity index (χ2v) is 6.34. The molecule has 1 atom stereocenters. The maximum absolute atomic E-state index is 9.28. The fraction of sp³-hybridized carbons (Fsp3) is 0.533. The first-order chi connectivity index (χ1) is 9.18. The Balaban J connectivity index is 2.43. The third-order valence-electron chi connectivity index (χ3n) is 4.23. The van der Waals surface area contributed by atoms with Crippen LogP contribution in [0.2, 0.25) is 0 Å². The maximum atomic E-state index is 9.28. The van der Waals surface area contributed by atoms with Gasteiger partial charge in [-0.3, -0.25) is 0 Å². The highest BCUT2D eigenvalue weighted by molar-refractivity contribution is 6.62. The number of hydrogen-bond acceptors (Lipinski definition) is 4. The van der Waals surface area contributed by atoms with E-state index in [9.17, 15) is 5.26 Å². The molecule has 1 unspecified atom stereocenters. The van der Waals surface area contributed by atoms with Gasteiger partial charge in [-0.05, 0) is 46.2 Å². The summed E-state index contributed by atoms with van der Waals surface area (Å²) in [5.41, 5.74) is 7.35. The van der Waals surface area contributed by atoms with E-state index in [4.69, 9.17) is 15.0 Å². The Morgan fingerprint density at radius 3 is 2.20 bits per heavy atom. The number of rotatable bonds is 2. The summed E-state index contributed by atoms with van der Waals surface area (Å²) < 4.78 is 12.0. The lowest BCUT2D eigenvalue weighted by atomic mass is 9.75. The van der Waals surface area contributed by atoms with Gasteiger partial charge in [0.25, 0.3) is 0 Å². The molecule has 1 heterocycles. The standard InChI is InChI=1S/C15H21BN2O2/c1-10(18)11-6-7-12(9-17)13(8-11)16-19-14(2,3)15(4,5)20-16/h6-8,10H,18H2,1-5H3. The Morgan fingerprint density at radius 2 is 1.75 bits per heavy atom. The third kappa shape index (κ3) is 2.47. The second-order valence-electron chi connectivity index (χ2n) is 6.34. The molecule has 2 rings (SSSR count). The normalized spacial score (nSPS) is 21.6. The van der Waals surface area contributed by atoms with Gasteiger partial charge in [-0.15, -0.1) is 0 Å². The molecule has 20 heavy (non-hydrogen) atoms. The maximum Gasteiger partial charge on any atom is 0.496 e. The lowest BCUT2D eigenvalue weighted by Crippen LogP contribution is -2.41. The van der Waals surface area contributed by atoms with Gasteiger partial charge in [-0.2, -0.15) is 5.26 Å². The average Bonchev–Trinajstić information content (AvgIpc) is 2.57. The number of hydrogen-bond donors (Lipinski definition) is 1. The average molecular weight is 272 g/mol. The molecule has 1 aromatic rings. The molecular weight excluding hydrogens is 251 g/mol. The van der Waals surface area contributed by atoms with Gasteiger partial charge in [0.1, 0.15) is 0 Å². The quantitative estimate of drug-likeness (QED) is 0.834. The van der Waals surface area contributed by atoms with E-state index < -0.39 is 18.3 Å². The Kier molecular flexibility index (Phi) is 3.68. The molecule has 1 aliphatic rings. The van der Waals surface area contributed by atoms with Crippen molar-refractivity contribution >= 4 is 12.6 Å². The number of nitrogens with two attached hydrogens (primary N) is 1. The van der Waals surface area contributed by atoms with Gasteiger partial charge in [0.15, 0.2) is 0 Å². The van der Waals surface area contributed by atoms with Crippen molar-refractivity contribution in [1.29, 1.82) is 5.26 Å². The molecule has 0 saturated carbocycles. The highest BCUT2D eigenvalue weighted by atomic mass is 16.7. The minimum Gasteiger partial charge on any atom is -0.399 e. The van der Waals surface area contributed by atoms with Crippen molar-refractivity contribution in [2.75, 3.05) is 0 Å². The van der Waals surface area contributed by atoms with Crippen LogP contribution in [0.5, 0.6) is 0 Å². The van der Waals surface area contributed by atoms with Crippen LogP contribution in [-0.4, -0.2) is 18.3 Å². The highest BCUT2D eigenvalue weighted by Crippen LogP contribution is 2.36. The zero-order valence-corrected chi connectivity index (χ0v) is 12.7.